The van der Waals surface area contributed by atoms with Gasteiger partial charge >= 0.3 is 115 Å². The van der Waals surface area contributed by atoms with Gasteiger partial charge in [-0.2, -0.15) is 18.2 Å². The van der Waals surface area contributed by atoms with E-state index in [0.717, 1.165) is 5.92 Å². The molecule has 0 saturated heterocycles. The van der Waals surface area contributed by atoms with Crippen LogP contribution in [0.25, 0.3) is 0 Å². The number of nitrogens with one attached hydrogen (secondary N) is 1. The number of aromatic nitrogens is 1. The molecule has 1 saturated carbocycles. The standard InChI is InChI=1S/2C18H15P.C14H13NS.C5H5.Ru/c2*1-4-10-16(11-5-1)19(17-12-6-2-7-13-17)18-14-8-3-9-15-18;1-2-14(11-7-8-11,12-5-3-9-15-12)13-6-4-10-16-13;1-2-4-5-3-1;/h2*1-15H;2-6,9-11,15H,7-8H2;1-5H;/q;;;-1;+1. The van der Waals surface area contributed by atoms with E-state index >= 15 is 0 Å². The molecule has 1 fully saturated rings. The van der Waals surface area contributed by atoms with Crippen molar-refractivity contribution >= 4 is 63.3 Å². The molecule has 0 aliphatic heterocycles. The van der Waals surface area contributed by atoms with Gasteiger partial charge in [-0.15, -0.1) is 0 Å². The van der Waals surface area contributed by atoms with Crippen molar-refractivity contribution in [1.29, 1.82) is 0 Å². The predicted molar refractivity (Wildman–Crippen MR) is 261 cm³/mol. The van der Waals surface area contributed by atoms with E-state index < -0.39 is 15.8 Å². The topological polar surface area (TPSA) is 15.8 Å². The third-order valence-corrected chi connectivity index (χ3v) is 16.3. The zero-order valence-electron chi connectivity index (χ0n) is 33.4. The molecule has 1 nitrogen and oxygen atoms in total. The molecule has 1 aliphatic carbocycles. The monoisotopic (exact) mass is 918 g/mol. The Morgan fingerprint density at radius 1 is 0.500 bits per heavy atom. The first-order valence-electron chi connectivity index (χ1n) is 20.2. The molecule has 297 valence electrons. The van der Waals surface area contributed by atoms with Crippen molar-refractivity contribution in [2.75, 3.05) is 0 Å². The van der Waals surface area contributed by atoms with Gasteiger partial charge in [0.15, 0.2) is 0 Å². The fourth-order valence-electron chi connectivity index (χ4n) is 7.22. The maximum atomic E-state index is 3.40. The number of benzene rings is 6. The molecule has 1 unspecified atom stereocenters. The van der Waals surface area contributed by atoms with Crippen molar-refractivity contribution in [2.24, 2.45) is 5.92 Å². The van der Waals surface area contributed by atoms with Crippen molar-refractivity contribution < 1.29 is 17.9 Å². The largest absolute Gasteiger partial charge is 0.214 e. The van der Waals surface area contributed by atoms with E-state index in [1.54, 1.807) is 0 Å². The van der Waals surface area contributed by atoms with Gasteiger partial charge < -0.3 is 0 Å². The average Bonchev–Trinajstić information content (AvgIpc) is 3.76. The Balaban J connectivity index is 0.000000128. The molecule has 10 rings (SSSR count). The Kier molecular flexibility index (Phi) is 16.4. The molecule has 2 aromatic heterocycles. The number of H-pyrrole nitrogens is 1. The van der Waals surface area contributed by atoms with Crippen LogP contribution in [0.1, 0.15) is 23.4 Å². The van der Waals surface area contributed by atoms with Crippen LogP contribution in [0, 0.1) is 5.92 Å². The van der Waals surface area contributed by atoms with Crippen molar-refractivity contribution in [3.8, 4) is 0 Å². The number of allylic oxidation sites excluding steroid dienone is 1. The first-order valence-corrected chi connectivity index (χ1v) is 24.7. The number of hydrogen-bond donors (Lipinski definition) is 1. The average molecular weight is 918 g/mol. The second-order valence-corrected chi connectivity index (χ2v) is 20.0. The van der Waals surface area contributed by atoms with E-state index in [0.29, 0.717) is 0 Å². The van der Waals surface area contributed by atoms with Gasteiger partial charge in [0, 0.05) is 0 Å². The summed E-state index contributed by atoms with van der Waals surface area (Å²) in [6, 6.07) is 83.3. The van der Waals surface area contributed by atoms with Gasteiger partial charge in [0.05, 0.1) is 0 Å². The Bertz CT molecular complexity index is 2160. The van der Waals surface area contributed by atoms with Crippen molar-refractivity contribution in [1.82, 2.24) is 4.98 Å². The van der Waals surface area contributed by atoms with Gasteiger partial charge in [-0.05, 0) is 47.7 Å². The molecule has 0 radical (unpaired) electrons. The van der Waals surface area contributed by atoms with Gasteiger partial charge in [-0.1, -0.05) is 182 Å². The summed E-state index contributed by atoms with van der Waals surface area (Å²) in [5.74, 6) is 0.718. The summed E-state index contributed by atoms with van der Waals surface area (Å²) >= 11 is 4.33. The second-order valence-electron chi connectivity index (χ2n) is 14.1. The molecule has 0 amide bonds. The van der Waals surface area contributed by atoms with Gasteiger partial charge in [0.1, 0.15) is 0 Å². The molecule has 1 aliphatic rings. The quantitative estimate of drug-likeness (QED) is 0.0799. The summed E-state index contributed by atoms with van der Waals surface area (Å²) in [5, 5.41) is 10.5. The van der Waals surface area contributed by atoms with E-state index in [1.807, 2.05) is 47.9 Å². The molecule has 0 spiro atoms. The minimum absolute atomic E-state index is 0.0166. The summed E-state index contributed by atoms with van der Waals surface area (Å²) in [5.41, 5.74) is 1.31. The SMILES string of the molecule is [Ru+]=[C]=CC(c1ccc[nH]1)(c1cccs1)C1CC1.c1cc[cH-]c1.c1ccc(P(c2ccccc2)c2ccccc2)cc1.c1ccc(P(c2ccccc2)c2ccccc2)cc1. The molecule has 2 heterocycles. The van der Waals surface area contributed by atoms with Gasteiger partial charge in [0.2, 0.25) is 0 Å². The number of hydrogen-bond acceptors (Lipinski definition) is 1. The molecule has 7 aromatic carbocycles. The van der Waals surface area contributed by atoms with E-state index in [2.05, 4.69) is 245 Å². The Morgan fingerprint density at radius 2 is 0.883 bits per heavy atom. The molecule has 60 heavy (non-hydrogen) atoms. The van der Waals surface area contributed by atoms with Crippen LogP contribution in [0.15, 0.2) is 254 Å². The Labute approximate surface area is 372 Å². The molecule has 9 aromatic rings. The van der Waals surface area contributed by atoms with E-state index in [-0.39, 0.29) is 5.41 Å². The van der Waals surface area contributed by atoms with E-state index in [9.17, 15) is 0 Å². The first kappa shape index (κ1) is 42.9. The zero-order chi connectivity index (χ0) is 41.1. The van der Waals surface area contributed by atoms with Crippen LogP contribution in [0.2, 0.25) is 0 Å². The minimum Gasteiger partial charge on any atom is -0.214 e. The summed E-state index contributed by atoms with van der Waals surface area (Å²) in [4.78, 5) is 4.82. The molecular formula is C55H48NP2RuS. The van der Waals surface area contributed by atoms with E-state index in [1.165, 1.54) is 55.2 Å². The number of aromatic amines is 1. The first-order chi connectivity index (χ1) is 29.8. The number of thiophene rings is 1. The molecule has 0 bridgehead atoms. The maximum Gasteiger partial charge on any atom is -0.0134 e. The summed E-state index contributed by atoms with van der Waals surface area (Å²) in [6.45, 7) is 0. The zero-order valence-corrected chi connectivity index (χ0v) is 37.7. The third kappa shape index (κ3) is 11.5. The summed E-state index contributed by atoms with van der Waals surface area (Å²) in [7, 11) is -0.892. The van der Waals surface area contributed by atoms with E-state index in [4.69, 9.17) is 0 Å². The van der Waals surface area contributed by atoms with Crippen LogP contribution in [-0.2, 0) is 23.3 Å². The normalized spacial score (nSPS) is 12.6. The second kappa shape index (κ2) is 23.0. The van der Waals surface area contributed by atoms with Gasteiger partial charge in [-0.25, -0.2) is 12.1 Å². The van der Waals surface area contributed by atoms with Crippen molar-refractivity contribution in [2.45, 2.75) is 18.3 Å². The molecule has 5 heteroatoms. The van der Waals surface area contributed by atoms with Crippen LogP contribution in [0.5, 0.6) is 0 Å². The van der Waals surface area contributed by atoms with Crippen LogP contribution in [-0.4, -0.2) is 9.25 Å². The van der Waals surface area contributed by atoms with Gasteiger partial charge in [-0.3, -0.25) is 0 Å². The van der Waals surface area contributed by atoms with Gasteiger partial charge in [0.25, 0.3) is 0 Å². The summed E-state index contributed by atoms with van der Waals surface area (Å²) in [6.07, 6.45) is 6.85. The summed E-state index contributed by atoms with van der Waals surface area (Å²) < 4.78 is 3.20. The van der Waals surface area contributed by atoms with Crippen LogP contribution < -0.4 is 31.8 Å². The minimum atomic E-state index is -0.446. The van der Waals surface area contributed by atoms with Crippen molar-refractivity contribution in [3.63, 3.8) is 0 Å². The molecular weight excluding hydrogens is 870 g/mol. The van der Waals surface area contributed by atoms with Crippen LogP contribution in [0.4, 0.5) is 0 Å². The fourth-order valence-corrected chi connectivity index (χ4v) is 13.2. The Hall–Kier alpha value is -5.22. The smallest absolute Gasteiger partial charge is 0.0134 e. The van der Waals surface area contributed by atoms with Crippen LogP contribution >= 0.6 is 27.2 Å². The molecule has 1 atom stereocenters. The predicted octanol–water partition coefficient (Wildman–Crippen LogP) is 11.6. The fraction of sp³-hybridized carbons (Fsp3) is 0.0727. The number of rotatable bonds is 10. The van der Waals surface area contributed by atoms with Crippen molar-refractivity contribution in [3.05, 3.63) is 265 Å². The molecule has 1 N–H and O–H groups in total. The Morgan fingerprint density at radius 3 is 1.13 bits per heavy atom. The van der Waals surface area contributed by atoms with Crippen LogP contribution in [0.3, 0.4) is 0 Å². The third-order valence-electron chi connectivity index (χ3n) is 10.1. The maximum absolute atomic E-state index is 3.40.